The van der Waals surface area contributed by atoms with Gasteiger partial charge in [0, 0.05) is 0 Å². The van der Waals surface area contributed by atoms with Gasteiger partial charge in [-0.15, -0.1) is 0 Å². The Kier molecular flexibility index (Phi) is 4.85. The van der Waals surface area contributed by atoms with Gasteiger partial charge in [0.05, 0.1) is 18.2 Å². The van der Waals surface area contributed by atoms with E-state index in [9.17, 15) is 9.90 Å². The van der Waals surface area contributed by atoms with Crippen molar-refractivity contribution in [1.29, 1.82) is 0 Å². The summed E-state index contributed by atoms with van der Waals surface area (Å²) in [5, 5.41) is 12.8. The van der Waals surface area contributed by atoms with Crippen LogP contribution in [0.5, 0.6) is 0 Å². The van der Waals surface area contributed by atoms with Crippen LogP contribution in [0.3, 0.4) is 0 Å². The third-order valence-corrected chi connectivity index (χ3v) is 4.77. The molecule has 1 amide bonds. The minimum atomic E-state index is -0.493. The van der Waals surface area contributed by atoms with Gasteiger partial charge in [-0.1, -0.05) is 19.3 Å². The van der Waals surface area contributed by atoms with Gasteiger partial charge in [0.2, 0.25) is 5.91 Å². The van der Waals surface area contributed by atoms with Crippen molar-refractivity contribution < 1.29 is 14.6 Å². The highest BCUT2D eigenvalue weighted by Crippen LogP contribution is 2.33. The van der Waals surface area contributed by atoms with E-state index < -0.39 is 5.54 Å². The summed E-state index contributed by atoms with van der Waals surface area (Å²) < 4.78 is 5.61. The fourth-order valence-electron chi connectivity index (χ4n) is 3.37. The first-order valence-corrected chi connectivity index (χ1v) is 7.63. The van der Waals surface area contributed by atoms with E-state index in [2.05, 4.69) is 5.32 Å². The SMILES string of the molecule is C[C@@H]1CC[C@@H](C(=O)N[C@](C)(CO)C2CCCCC2)O1. The van der Waals surface area contributed by atoms with Gasteiger partial charge in [-0.05, 0) is 45.4 Å². The van der Waals surface area contributed by atoms with Gasteiger partial charge in [0.1, 0.15) is 6.10 Å². The summed E-state index contributed by atoms with van der Waals surface area (Å²) in [6, 6.07) is 0. The number of aliphatic hydroxyl groups excluding tert-OH is 1. The molecular formula is C15H27NO3. The van der Waals surface area contributed by atoms with E-state index in [4.69, 9.17) is 4.74 Å². The quantitative estimate of drug-likeness (QED) is 0.820. The lowest BCUT2D eigenvalue weighted by Crippen LogP contribution is -2.57. The second kappa shape index (κ2) is 6.23. The maximum Gasteiger partial charge on any atom is 0.249 e. The summed E-state index contributed by atoms with van der Waals surface area (Å²) >= 11 is 0. The number of hydrogen-bond donors (Lipinski definition) is 2. The van der Waals surface area contributed by atoms with Crippen LogP contribution in [0.2, 0.25) is 0 Å². The summed E-state index contributed by atoms with van der Waals surface area (Å²) in [6.45, 7) is 3.98. The molecule has 2 N–H and O–H groups in total. The molecule has 0 radical (unpaired) electrons. The normalized spacial score (nSPS) is 31.9. The number of nitrogens with one attached hydrogen (secondary N) is 1. The lowest BCUT2D eigenvalue weighted by Gasteiger charge is -2.39. The van der Waals surface area contributed by atoms with Crippen LogP contribution in [-0.2, 0) is 9.53 Å². The molecule has 1 aliphatic carbocycles. The van der Waals surface area contributed by atoms with Crippen molar-refractivity contribution >= 4 is 5.91 Å². The van der Waals surface area contributed by atoms with E-state index >= 15 is 0 Å². The summed E-state index contributed by atoms with van der Waals surface area (Å²) in [7, 11) is 0. The minimum Gasteiger partial charge on any atom is -0.394 e. The summed E-state index contributed by atoms with van der Waals surface area (Å²) in [5.41, 5.74) is -0.493. The third kappa shape index (κ3) is 3.48. The second-order valence-electron chi connectivity index (χ2n) is 6.41. The van der Waals surface area contributed by atoms with Gasteiger partial charge < -0.3 is 15.2 Å². The van der Waals surface area contributed by atoms with Gasteiger partial charge in [0.15, 0.2) is 0 Å². The highest BCUT2D eigenvalue weighted by molar-refractivity contribution is 5.81. The molecule has 4 nitrogen and oxygen atoms in total. The molecule has 1 saturated carbocycles. The van der Waals surface area contributed by atoms with Crippen molar-refractivity contribution in [2.75, 3.05) is 6.61 Å². The van der Waals surface area contributed by atoms with E-state index in [0.717, 1.165) is 25.7 Å². The van der Waals surface area contributed by atoms with E-state index in [1.54, 1.807) is 0 Å². The molecule has 1 heterocycles. The first kappa shape index (κ1) is 14.8. The van der Waals surface area contributed by atoms with Crippen LogP contribution in [0.1, 0.15) is 58.8 Å². The highest BCUT2D eigenvalue weighted by Gasteiger charge is 2.38. The van der Waals surface area contributed by atoms with Crippen molar-refractivity contribution in [3.8, 4) is 0 Å². The number of hydrogen-bond acceptors (Lipinski definition) is 3. The smallest absolute Gasteiger partial charge is 0.249 e. The molecule has 0 aromatic carbocycles. The molecule has 3 atom stereocenters. The Morgan fingerprint density at radius 2 is 1.95 bits per heavy atom. The maximum atomic E-state index is 12.3. The molecule has 1 saturated heterocycles. The zero-order valence-corrected chi connectivity index (χ0v) is 12.2. The molecule has 2 rings (SSSR count). The molecule has 0 aromatic rings. The fourth-order valence-corrected chi connectivity index (χ4v) is 3.37. The zero-order chi connectivity index (χ0) is 13.9. The number of rotatable bonds is 4. The number of aliphatic hydroxyl groups is 1. The average Bonchev–Trinajstić information content (AvgIpc) is 2.86. The van der Waals surface area contributed by atoms with Crippen LogP contribution >= 0.6 is 0 Å². The molecule has 19 heavy (non-hydrogen) atoms. The molecule has 110 valence electrons. The molecular weight excluding hydrogens is 242 g/mol. The third-order valence-electron chi connectivity index (χ3n) is 4.77. The van der Waals surface area contributed by atoms with Crippen LogP contribution in [-0.4, -0.2) is 35.4 Å². The van der Waals surface area contributed by atoms with Crippen LogP contribution < -0.4 is 5.32 Å². The molecule has 0 aromatic heterocycles. The van der Waals surface area contributed by atoms with E-state index in [1.807, 2.05) is 13.8 Å². The minimum absolute atomic E-state index is 0.00564. The lowest BCUT2D eigenvalue weighted by molar-refractivity contribution is -0.135. The Morgan fingerprint density at radius 1 is 1.26 bits per heavy atom. The van der Waals surface area contributed by atoms with E-state index in [0.29, 0.717) is 5.92 Å². The number of carbonyl (C=O) groups excluding carboxylic acids is 1. The lowest BCUT2D eigenvalue weighted by atomic mass is 9.76. The number of amides is 1. The van der Waals surface area contributed by atoms with Crippen LogP contribution in [0.25, 0.3) is 0 Å². The van der Waals surface area contributed by atoms with Gasteiger partial charge in [-0.3, -0.25) is 4.79 Å². The van der Waals surface area contributed by atoms with Gasteiger partial charge in [-0.2, -0.15) is 0 Å². The molecule has 1 aliphatic heterocycles. The molecule has 0 spiro atoms. The first-order valence-electron chi connectivity index (χ1n) is 7.63. The summed E-state index contributed by atoms with van der Waals surface area (Å²) in [4.78, 5) is 12.3. The second-order valence-corrected chi connectivity index (χ2v) is 6.41. The predicted molar refractivity (Wildman–Crippen MR) is 73.8 cm³/mol. The van der Waals surface area contributed by atoms with E-state index in [-0.39, 0.29) is 24.7 Å². The predicted octanol–water partition coefficient (Wildman–Crippen LogP) is 2.00. The van der Waals surface area contributed by atoms with Crippen molar-refractivity contribution in [3.05, 3.63) is 0 Å². The average molecular weight is 269 g/mol. The first-order chi connectivity index (χ1) is 9.05. The van der Waals surface area contributed by atoms with E-state index in [1.165, 1.54) is 19.3 Å². The Balaban J connectivity index is 1.95. The van der Waals surface area contributed by atoms with Gasteiger partial charge in [0.25, 0.3) is 0 Å². The number of ether oxygens (including phenoxy) is 1. The standard InChI is InChI=1S/C15H27NO3/c1-11-8-9-13(19-11)14(18)16-15(2,10-17)12-6-4-3-5-7-12/h11-13,17H,3-10H2,1-2H3,(H,16,18)/t11-,13+,15-/m1/s1. The van der Waals surface area contributed by atoms with Crippen LogP contribution in [0.15, 0.2) is 0 Å². The number of carbonyl (C=O) groups is 1. The highest BCUT2D eigenvalue weighted by atomic mass is 16.5. The summed E-state index contributed by atoms with van der Waals surface area (Å²) in [6.07, 6.45) is 7.44. The van der Waals surface area contributed by atoms with Crippen LogP contribution in [0, 0.1) is 5.92 Å². The largest absolute Gasteiger partial charge is 0.394 e. The molecule has 2 aliphatic rings. The molecule has 4 heteroatoms. The maximum absolute atomic E-state index is 12.3. The Bertz CT molecular complexity index is 315. The van der Waals surface area contributed by atoms with Crippen molar-refractivity contribution in [3.63, 3.8) is 0 Å². The molecule has 0 bridgehead atoms. The molecule has 0 unspecified atom stereocenters. The van der Waals surface area contributed by atoms with Gasteiger partial charge in [-0.25, -0.2) is 0 Å². The summed E-state index contributed by atoms with van der Waals surface area (Å²) in [5.74, 6) is 0.334. The molecule has 2 fully saturated rings. The zero-order valence-electron chi connectivity index (χ0n) is 12.2. The Morgan fingerprint density at radius 3 is 2.47 bits per heavy atom. The van der Waals surface area contributed by atoms with Crippen LogP contribution in [0.4, 0.5) is 0 Å². The topological polar surface area (TPSA) is 58.6 Å². The Hall–Kier alpha value is -0.610. The van der Waals surface area contributed by atoms with Gasteiger partial charge >= 0.3 is 0 Å². The van der Waals surface area contributed by atoms with Crippen molar-refractivity contribution in [2.24, 2.45) is 5.92 Å². The monoisotopic (exact) mass is 269 g/mol. The van der Waals surface area contributed by atoms with Crippen molar-refractivity contribution in [2.45, 2.75) is 76.5 Å². The fraction of sp³-hybridized carbons (Fsp3) is 0.933. The Labute approximate surface area is 115 Å². The van der Waals surface area contributed by atoms with Crippen molar-refractivity contribution in [1.82, 2.24) is 5.32 Å².